The van der Waals surface area contributed by atoms with Crippen LogP contribution in [-0.4, -0.2) is 5.11 Å². The van der Waals surface area contributed by atoms with E-state index in [1.807, 2.05) is 12.1 Å². The number of hydrogen-bond acceptors (Lipinski definition) is 1. The highest BCUT2D eigenvalue weighted by molar-refractivity contribution is 5.80. The van der Waals surface area contributed by atoms with Gasteiger partial charge in [0.05, 0.1) is 6.10 Å². The minimum Gasteiger partial charge on any atom is -0.389 e. The van der Waals surface area contributed by atoms with Crippen molar-refractivity contribution >= 4 is 11.6 Å². The maximum atomic E-state index is 9.66. The Labute approximate surface area is 158 Å². The zero-order chi connectivity index (χ0) is 19.1. The SMILES string of the molecule is C/C(=C\c1ccc(C(C)O)cc1)c1ccc2c(c1)C(C)(C)CCC2(C)C. The molecule has 138 valence electrons. The first kappa shape index (κ1) is 18.9. The highest BCUT2D eigenvalue weighted by Crippen LogP contribution is 2.46. The van der Waals surface area contributed by atoms with Gasteiger partial charge in [-0.2, -0.15) is 0 Å². The number of aliphatic hydroxyl groups is 1. The maximum Gasteiger partial charge on any atom is 0.0761 e. The lowest BCUT2D eigenvalue weighted by atomic mass is 9.63. The van der Waals surface area contributed by atoms with E-state index in [0.717, 1.165) is 5.56 Å². The predicted octanol–water partition coefficient (Wildman–Crippen LogP) is 6.65. The van der Waals surface area contributed by atoms with Gasteiger partial charge in [0.2, 0.25) is 0 Å². The second-order valence-corrected chi connectivity index (χ2v) is 9.20. The molecule has 0 saturated heterocycles. The van der Waals surface area contributed by atoms with Crippen LogP contribution in [0.15, 0.2) is 42.5 Å². The minimum absolute atomic E-state index is 0.236. The van der Waals surface area contributed by atoms with Gasteiger partial charge in [-0.15, -0.1) is 0 Å². The minimum atomic E-state index is -0.416. The van der Waals surface area contributed by atoms with Crippen LogP contribution < -0.4 is 0 Å². The lowest BCUT2D eigenvalue weighted by Crippen LogP contribution is -2.33. The van der Waals surface area contributed by atoms with E-state index < -0.39 is 6.10 Å². The molecule has 26 heavy (non-hydrogen) atoms. The van der Waals surface area contributed by atoms with Crippen molar-refractivity contribution in [2.24, 2.45) is 0 Å². The fourth-order valence-electron chi connectivity index (χ4n) is 4.04. The Morgan fingerprint density at radius 2 is 1.50 bits per heavy atom. The third-order valence-corrected chi connectivity index (χ3v) is 6.11. The second kappa shape index (κ2) is 6.70. The first-order valence-corrected chi connectivity index (χ1v) is 9.72. The summed E-state index contributed by atoms with van der Waals surface area (Å²) < 4.78 is 0. The van der Waals surface area contributed by atoms with Gasteiger partial charge in [-0.25, -0.2) is 0 Å². The van der Waals surface area contributed by atoms with Crippen molar-refractivity contribution in [3.8, 4) is 0 Å². The number of benzene rings is 2. The standard InChI is InChI=1S/C25H32O/c1-17(15-19-7-9-20(10-8-19)18(2)26)21-11-12-22-23(16-21)25(5,6)14-13-24(22,3)4/h7-12,15-16,18,26H,13-14H2,1-6H3/b17-15+. The molecule has 1 aliphatic carbocycles. The Hall–Kier alpha value is -1.86. The zero-order valence-electron chi connectivity index (χ0n) is 17.1. The van der Waals surface area contributed by atoms with Crippen LogP contribution in [0.4, 0.5) is 0 Å². The van der Waals surface area contributed by atoms with Gasteiger partial charge in [0.15, 0.2) is 0 Å². The Morgan fingerprint density at radius 3 is 2.08 bits per heavy atom. The summed E-state index contributed by atoms with van der Waals surface area (Å²) in [5.74, 6) is 0. The van der Waals surface area contributed by atoms with Gasteiger partial charge >= 0.3 is 0 Å². The second-order valence-electron chi connectivity index (χ2n) is 9.20. The van der Waals surface area contributed by atoms with Gasteiger partial charge in [-0.05, 0) is 70.9 Å². The van der Waals surface area contributed by atoms with Crippen molar-refractivity contribution in [1.82, 2.24) is 0 Å². The molecule has 2 aromatic rings. The van der Waals surface area contributed by atoms with E-state index in [2.05, 4.69) is 71.0 Å². The van der Waals surface area contributed by atoms with Crippen LogP contribution in [0.1, 0.15) is 88.3 Å². The molecule has 0 amide bonds. The number of allylic oxidation sites excluding steroid dienone is 1. The quantitative estimate of drug-likeness (QED) is 0.616. The molecule has 3 rings (SSSR count). The van der Waals surface area contributed by atoms with Crippen molar-refractivity contribution in [2.75, 3.05) is 0 Å². The molecule has 0 radical (unpaired) electrons. The molecule has 1 heteroatoms. The number of aliphatic hydroxyl groups excluding tert-OH is 1. The summed E-state index contributed by atoms with van der Waals surface area (Å²) in [6.07, 6.45) is 4.30. The molecule has 0 spiro atoms. The van der Waals surface area contributed by atoms with Gasteiger partial charge in [0.25, 0.3) is 0 Å². The lowest BCUT2D eigenvalue weighted by Gasteiger charge is -2.42. The monoisotopic (exact) mass is 348 g/mol. The molecule has 0 aliphatic heterocycles. The third kappa shape index (κ3) is 3.64. The van der Waals surface area contributed by atoms with Crippen LogP contribution >= 0.6 is 0 Å². The van der Waals surface area contributed by atoms with Crippen LogP contribution in [0.25, 0.3) is 11.6 Å². The van der Waals surface area contributed by atoms with Crippen molar-refractivity contribution in [2.45, 2.75) is 71.3 Å². The van der Waals surface area contributed by atoms with E-state index in [1.54, 1.807) is 6.92 Å². The molecular formula is C25H32O. The molecule has 1 unspecified atom stereocenters. The summed E-state index contributed by atoms with van der Waals surface area (Å²) in [7, 11) is 0. The van der Waals surface area contributed by atoms with E-state index >= 15 is 0 Å². The molecule has 0 fully saturated rings. The summed E-state index contributed by atoms with van der Waals surface area (Å²) in [6, 6.07) is 15.2. The summed E-state index contributed by atoms with van der Waals surface area (Å²) >= 11 is 0. The first-order valence-electron chi connectivity index (χ1n) is 9.72. The van der Waals surface area contributed by atoms with E-state index in [1.165, 1.54) is 40.7 Å². The molecule has 1 aliphatic rings. The van der Waals surface area contributed by atoms with E-state index in [0.29, 0.717) is 0 Å². The highest BCUT2D eigenvalue weighted by Gasteiger charge is 2.36. The topological polar surface area (TPSA) is 20.2 Å². The Morgan fingerprint density at radius 1 is 0.923 bits per heavy atom. The largest absolute Gasteiger partial charge is 0.389 e. The molecule has 1 nitrogen and oxygen atoms in total. The van der Waals surface area contributed by atoms with Crippen molar-refractivity contribution in [1.29, 1.82) is 0 Å². The number of hydrogen-bond donors (Lipinski definition) is 1. The third-order valence-electron chi connectivity index (χ3n) is 6.11. The Balaban J connectivity index is 1.97. The maximum absolute atomic E-state index is 9.66. The van der Waals surface area contributed by atoms with Crippen molar-refractivity contribution < 1.29 is 5.11 Å². The molecule has 0 bridgehead atoms. The molecule has 2 aromatic carbocycles. The summed E-state index contributed by atoms with van der Waals surface area (Å²) in [5, 5.41) is 9.66. The van der Waals surface area contributed by atoms with E-state index in [-0.39, 0.29) is 10.8 Å². The molecule has 0 saturated carbocycles. The normalized spacial score (nSPS) is 19.7. The zero-order valence-corrected chi connectivity index (χ0v) is 17.1. The molecular weight excluding hydrogens is 316 g/mol. The lowest BCUT2D eigenvalue weighted by molar-refractivity contribution is 0.199. The van der Waals surface area contributed by atoms with Gasteiger partial charge in [0, 0.05) is 0 Å². The number of rotatable bonds is 3. The molecule has 1 N–H and O–H groups in total. The molecule has 1 atom stereocenters. The van der Waals surface area contributed by atoms with Crippen LogP contribution in [-0.2, 0) is 10.8 Å². The summed E-state index contributed by atoms with van der Waals surface area (Å²) in [6.45, 7) is 13.5. The molecule has 0 aromatic heterocycles. The average Bonchev–Trinajstić information content (AvgIpc) is 2.59. The first-order chi connectivity index (χ1) is 12.1. The smallest absolute Gasteiger partial charge is 0.0761 e. The van der Waals surface area contributed by atoms with E-state index in [4.69, 9.17) is 0 Å². The van der Waals surface area contributed by atoms with Crippen LogP contribution in [0.5, 0.6) is 0 Å². The fourth-order valence-corrected chi connectivity index (χ4v) is 4.04. The van der Waals surface area contributed by atoms with Gasteiger partial charge in [-0.1, -0.05) is 76.2 Å². The Kier molecular flexibility index (Phi) is 4.88. The van der Waals surface area contributed by atoms with Crippen LogP contribution in [0.2, 0.25) is 0 Å². The summed E-state index contributed by atoms with van der Waals surface area (Å²) in [5.41, 5.74) is 8.21. The molecule has 0 heterocycles. The summed E-state index contributed by atoms with van der Waals surface area (Å²) in [4.78, 5) is 0. The van der Waals surface area contributed by atoms with Crippen LogP contribution in [0.3, 0.4) is 0 Å². The Bertz CT molecular complexity index is 820. The van der Waals surface area contributed by atoms with E-state index in [9.17, 15) is 5.11 Å². The predicted molar refractivity (Wildman–Crippen MR) is 112 cm³/mol. The van der Waals surface area contributed by atoms with Crippen molar-refractivity contribution in [3.63, 3.8) is 0 Å². The highest BCUT2D eigenvalue weighted by atomic mass is 16.3. The fraction of sp³-hybridized carbons (Fsp3) is 0.440. The van der Waals surface area contributed by atoms with Crippen LogP contribution in [0, 0.1) is 0 Å². The van der Waals surface area contributed by atoms with Gasteiger partial charge in [-0.3, -0.25) is 0 Å². The van der Waals surface area contributed by atoms with Gasteiger partial charge in [0.1, 0.15) is 0 Å². The van der Waals surface area contributed by atoms with Gasteiger partial charge < -0.3 is 5.11 Å². The number of fused-ring (bicyclic) bond motifs is 1. The average molecular weight is 349 g/mol. The van der Waals surface area contributed by atoms with Crippen molar-refractivity contribution in [3.05, 3.63) is 70.3 Å².